The van der Waals surface area contributed by atoms with Crippen molar-refractivity contribution in [3.8, 4) is 17.2 Å². The lowest BCUT2D eigenvalue weighted by Crippen LogP contribution is -2.06. The standard InChI is InChI=1S/C30H25N3O4/c1-3-12-36-29-18-26-24(17-27(29)31-2)28(10-11-32-26)37-23-7-4-19(5-8-23)14-22(34)15-20-6-9-25-21(13-20)16-30(35)33-25/h4-11,13,17-18H,3,12,14-16H2,1H3,(H,33,35). The number of benzene rings is 3. The Morgan fingerprint density at radius 3 is 2.59 bits per heavy atom. The van der Waals surface area contributed by atoms with Gasteiger partial charge in [-0.1, -0.05) is 31.2 Å². The van der Waals surface area contributed by atoms with Gasteiger partial charge >= 0.3 is 0 Å². The molecule has 7 heteroatoms. The molecule has 1 N–H and O–H groups in total. The summed E-state index contributed by atoms with van der Waals surface area (Å²) in [7, 11) is 0. The number of nitrogens with zero attached hydrogens (tertiary/aromatic N) is 2. The molecule has 0 bridgehead atoms. The summed E-state index contributed by atoms with van der Waals surface area (Å²) in [6.07, 6.45) is 3.49. The summed E-state index contributed by atoms with van der Waals surface area (Å²) in [5.41, 5.74) is 4.67. The first-order chi connectivity index (χ1) is 18.0. The molecule has 37 heavy (non-hydrogen) atoms. The molecule has 1 amide bonds. The molecule has 5 rings (SSSR count). The molecule has 0 radical (unpaired) electrons. The van der Waals surface area contributed by atoms with Crippen molar-refractivity contribution in [2.24, 2.45) is 0 Å². The van der Waals surface area contributed by atoms with Crippen molar-refractivity contribution in [3.05, 3.63) is 95.0 Å². The number of fused-ring (bicyclic) bond motifs is 2. The highest BCUT2D eigenvalue weighted by molar-refractivity contribution is 5.99. The van der Waals surface area contributed by atoms with E-state index in [-0.39, 0.29) is 11.7 Å². The Kier molecular flexibility index (Phi) is 6.82. The number of hydrogen-bond donors (Lipinski definition) is 1. The number of pyridine rings is 1. The van der Waals surface area contributed by atoms with E-state index >= 15 is 0 Å². The number of aromatic nitrogens is 1. The van der Waals surface area contributed by atoms with Crippen molar-refractivity contribution in [2.45, 2.75) is 32.6 Å². The van der Waals surface area contributed by atoms with Gasteiger partial charge in [0.25, 0.3) is 0 Å². The number of carbonyl (C=O) groups is 2. The van der Waals surface area contributed by atoms with Crippen molar-refractivity contribution >= 4 is 34.0 Å². The van der Waals surface area contributed by atoms with Gasteiger partial charge in [-0.15, -0.1) is 0 Å². The van der Waals surface area contributed by atoms with Crippen LogP contribution < -0.4 is 14.8 Å². The lowest BCUT2D eigenvalue weighted by atomic mass is 10.0. The van der Waals surface area contributed by atoms with Gasteiger partial charge in [0.15, 0.2) is 0 Å². The fraction of sp³-hybridized carbons (Fsp3) is 0.200. The highest BCUT2D eigenvalue weighted by atomic mass is 16.5. The number of ether oxygens (including phenoxy) is 2. The van der Waals surface area contributed by atoms with E-state index in [2.05, 4.69) is 15.1 Å². The van der Waals surface area contributed by atoms with Gasteiger partial charge in [-0.3, -0.25) is 14.6 Å². The average Bonchev–Trinajstić information content (AvgIpc) is 3.27. The molecule has 1 aliphatic heterocycles. The van der Waals surface area contributed by atoms with Crippen LogP contribution in [0.1, 0.15) is 30.0 Å². The predicted molar refractivity (Wildman–Crippen MR) is 141 cm³/mol. The van der Waals surface area contributed by atoms with Crippen LogP contribution in [0, 0.1) is 6.57 Å². The van der Waals surface area contributed by atoms with Gasteiger partial charge in [0, 0.05) is 30.1 Å². The zero-order valence-electron chi connectivity index (χ0n) is 20.4. The topological polar surface area (TPSA) is 81.9 Å². The Morgan fingerprint density at radius 2 is 1.81 bits per heavy atom. The van der Waals surface area contributed by atoms with Crippen molar-refractivity contribution in [1.82, 2.24) is 4.98 Å². The van der Waals surface area contributed by atoms with E-state index < -0.39 is 0 Å². The Hall–Kier alpha value is -4.70. The molecule has 0 unspecified atom stereocenters. The molecule has 4 aromatic rings. The number of rotatable bonds is 9. The fourth-order valence-corrected chi connectivity index (χ4v) is 4.35. The summed E-state index contributed by atoms with van der Waals surface area (Å²) in [6, 6.07) is 18.4. The highest BCUT2D eigenvalue weighted by Gasteiger charge is 2.18. The lowest BCUT2D eigenvalue weighted by molar-refractivity contribution is -0.118. The van der Waals surface area contributed by atoms with Gasteiger partial charge < -0.3 is 14.8 Å². The molecule has 0 spiro atoms. The largest absolute Gasteiger partial charge is 0.505 e. The van der Waals surface area contributed by atoms with E-state index in [4.69, 9.17) is 16.0 Å². The number of hydrogen-bond acceptors (Lipinski definition) is 5. The van der Waals surface area contributed by atoms with E-state index in [9.17, 15) is 9.59 Å². The SMILES string of the molecule is [C-]#[N+]c1cc2c(Oc3ccc(CC(=O)Cc4ccc5c(c4)CC(=O)N5)cc3)ccnc2cc1OCCC. The van der Waals surface area contributed by atoms with E-state index in [1.807, 2.05) is 49.4 Å². The molecule has 2 heterocycles. The summed E-state index contributed by atoms with van der Waals surface area (Å²) < 4.78 is 11.8. The Balaban J connectivity index is 1.26. The van der Waals surface area contributed by atoms with Crippen LogP contribution >= 0.6 is 0 Å². The van der Waals surface area contributed by atoms with E-state index in [0.29, 0.717) is 54.3 Å². The maximum absolute atomic E-state index is 12.7. The summed E-state index contributed by atoms with van der Waals surface area (Å²) >= 11 is 0. The summed E-state index contributed by atoms with van der Waals surface area (Å²) in [4.78, 5) is 32.2. The minimum Gasteiger partial charge on any atom is -0.505 e. The second kappa shape index (κ2) is 10.5. The molecule has 184 valence electrons. The van der Waals surface area contributed by atoms with Crippen molar-refractivity contribution < 1.29 is 19.1 Å². The molecular weight excluding hydrogens is 466 g/mol. The first kappa shape index (κ1) is 24.0. The highest BCUT2D eigenvalue weighted by Crippen LogP contribution is 2.37. The van der Waals surface area contributed by atoms with E-state index in [0.717, 1.165) is 34.2 Å². The van der Waals surface area contributed by atoms with Crippen molar-refractivity contribution in [1.29, 1.82) is 0 Å². The summed E-state index contributed by atoms with van der Waals surface area (Å²) in [5, 5.41) is 3.53. The number of ketones is 1. The molecule has 0 aliphatic carbocycles. The first-order valence-corrected chi connectivity index (χ1v) is 12.2. The Morgan fingerprint density at radius 1 is 1.03 bits per heavy atom. The van der Waals surface area contributed by atoms with Crippen LogP contribution in [0.25, 0.3) is 15.7 Å². The molecular formula is C30H25N3O4. The van der Waals surface area contributed by atoms with Crippen LogP contribution in [0.5, 0.6) is 17.2 Å². The molecule has 0 fully saturated rings. The smallest absolute Gasteiger partial charge is 0.229 e. The Bertz CT molecular complexity index is 1540. The maximum atomic E-state index is 12.7. The first-order valence-electron chi connectivity index (χ1n) is 12.2. The van der Waals surface area contributed by atoms with Crippen LogP contribution in [0.4, 0.5) is 11.4 Å². The zero-order valence-corrected chi connectivity index (χ0v) is 20.4. The van der Waals surface area contributed by atoms with Crippen LogP contribution in [-0.2, 0) is 28.9 Å². The fourth-order valence-electron chi connectivity index (χ4n) is 4.35. The van der Waals surface area contributed by atoms with E-state index in [1.54, 1.807) is 24.4 Å². The molecule has 1 aromatic heterocycles. The van der Waals surface area contributed by atoms with Gasteiger partial charge in [0.05, 0.1) is 25.1 Å². The normalized spacial score (nSPS) is 12.1. The summed E-state index contributed by atoms with van der Waals surface area (Å²) in [6.45, 7) is 10.1. The second-order valence-electron chi connectivity index (χ2n) is 8.96. The van der Waals surface area contributed by atoms with Gasteiger partial charge in [-0.2, -0.15) is 0 Å². The Labute approximate surface area is 214 Å². The van der Waals surface area contributed by atoms with Gasteiger partial charge in [0.1, 0.15) is 23.0 Å². The number of amides is 1. The lowest BCUT2D eigenvalue weighted by Gasteiger charge is -2.12. The number of carbonyl (C=O) groups excluding carboxylic acids is 2. The maximum Gasteiger partial charge on any atom is 0.229 e. The van der Waals surface area contributed by atoms with Crippen LogP contribution in [-0.4, -0.2) is 23.3 Å². The monoisotopic (exact) mass is 491 g/mol. The molecule has 0 saturated heterocycles. The van der Waals surface area contributed by atoms with Crippen LogP contribution in [0.3, 0.4) is 0 Å². The van der Waals surface area contributed by atoms with Gasteiger partial charge in [-0.25, -0.2) is 4.85 Å². The third kappa shape index (κ3) is 5.44. The zero-order chi connectivity index (χ0) is 25.8. The molecule has 0 atom stereocenters. The number of nitrogens with one attached hydrogen (secondary N) is 1. The quantitative estimate of drug-likeness (QED) is 0.281. The number of anilines is 1. The average molecular weight is 492 g/mol. The molecule has 0 saturated carbocycles. The minimum atomic E-state index is -0.0156. The van der Waals surface area contributed by atoms with Crippen molar-refractivity contribution in [2.75, 3.05) is 11.9 Å². The van der Waals surface area contributed by atoms with Gasteiger partial charge in [0.2, 0.25) is 11.6 Å². The van der Waals surface area contributed by atoms with Crippen molar-refractivity contribution in [3.63, 3.8) is 0 Å². The third-order valence-corrected chi connectivity index (χ3v) is 6.11. The molecule has 3 aromatic carbocycles. The molecule has 7 nitrogen and oxygen atoms in total. The van der Waals surface area contributed by atoms with Gasteiger partial charge in [-0.05, 0) is 59.5 Å². The minimum absolute atomic E-state index is 0.0156. The summed E-state index contributed by atoms with van der Waals surface area (Å²) in [5.74, 6) is 1.81. The third-order valence-electron chi connectivity index (χ3n) is 6.11. The molecule has 1 aliphatic rings. The van der Waals surface area contributed by atoms with Crippen LogP contribution in [0.2, 0.25) is 0 Å². The number of Topliss-reactive ketones (excluding diaryl/α,β-unsaturated/α-hetero) is 1. The van der Waals surface area contributed by atoms with Crippen LogP contribution in [0.15, 0.2) is 66.9 Å². The van der Waals surface area contributed by atoms with E-state index in [1.165, 1.54) is 0 Å². The predicted octanol–water partition coefficient (Wildman–Crippen LogP) is 6.22. The second-order valence-corrected chi connectivity index (χ2v) is 8.96.